The fourth-order valence-electron chi connectivity index (χ4n) is 2.20. The van der Waals surface area contributed by atoms with Crippen LogP contribution < -0.4 is 11.1 Å². The summed E-state index contributed by atoms with van der Waals surface area (Å²) in [6.45, 7) is 4.05. The average molecular weight is 263 g/mol. The number of carbonyl (C=O) groups is 1. The molecule has 0 aliphatic heterocycles. The summed E-state index contributed by atoms with van der Waals surface area (Å²) in [5.41, 5.74) is 5.38. The van der Waals surface area contributed by atoms with Gasteiger partial charge in [-0.05, 0) is 44.7 Å². The lowest BCUT2D eigenvalue weighted by atomic mass is 9.98. The van der Waals surface area contributed by atoms with Gasteiger partial charge in [-0.25, -0.2) is 0 Å². The van der Waals surface area contributed by atoms with E-state index in [0.29, 0.717) is 11.6 Å². The van der Waals surface area contributed by atoms with Crippen molar-refractivity contribution in [2.24, 2.45) is 11.7 Å². The van der Waals surface area contributed by atoms with Gasteiger partial charge in [-0.1, -0.05) is 0 Å². The van der Waals surface area contributed by atoms with Crippen molar-refractivity contribution in [3.8, 4) is 0 Å². The molecule has 1 fully saturated rings. The number of primary amides is 1. The number of carbonyl (C=O) groups excluding carboxylic acids is 1. The summed E-state index contributed by atoms with van der Waals surface area (Å²) in [5, 5.41) is 14.3. The monoisotopic (exact) mass is 263 g/mol. The van der Waals surface area contributed by atoms with Gasteiger partial charge in [0.15, 0.2) is 0 Å². The summed E-state index contributed by atoms with van der Waals surface area (Å²) in [5.74, 6) is -0.140. The molecule has 1 aromatic carbocycles. The van der Waals surface area contributed by atoms with Gasteiger partial charge >= 0.3 is 0 Å². The topological polar surface area (TPSA) is 98.3 Å². The number of amides is 1. The predicted octanol–water partition coefficient (Wildman–Crippen LogP) is 2.29. The molecule has 1 saturated carbocycles. The van der Waals surface area contributed by atoms with Gasteiger partial charge in [-0.2, -0.15) is 0 Å². The third-order valence-electron chi connectivity index (χ3n) is 3.53. The van der Waals surface area contributed by atoms with Crippen molar-refractivity contribution in [3.63, 3.8) is 0 Å². The van der Waals surface area contributed by atoms with Gasteiger partial charge in [0.25, 0.3) is 5.69 Å². The Morgan fingerprint density at radius 3 is 2.58 bits per heavy atom. The lowest BCUT2D eigenvalue weighted by Gasteiger charge is -2.27. The number of benzene rings is 1. The van der Waals surface area contributed by atoms with Gasteiger partial charge in [-0.3, -0.25) is 14.9 Å². The molecule has 0 heterocycles. The van der Waals surface area contributed by atoms with Crippen LogP contribution >= 0.6 is 0 Å². The van der Waals surface area contributed by atoms with Crippen molar-refractivity contribution in [1.82, 2.24) is 0 Å². The highest BCUT2D eigenvalue weighted by atomic mass is 16.6. The number of nitrogens with zero attached hydrogens (tertiary/aromatic N) is 1. The molecule has 0 spiro atoms. The van der Waals surface area contributed by atoms with Gasteiger partial charge in [0, 0.05) is 17.2 Å². The molecule has 0 aromatic heterocycles. The third kappa shape index (κ3) is 2.83. The molecule has 102 valence electrons. The van der Waals surface area contributed by atoms with Crippen molar-refractivity contribution in [3.05, 3.63) is 33.9 Å². The van der Waals surface area contributed by atoms with Gasteiger partial charge in [0.2, 0.25) is 5.91 Å². The molecule has 1 aliphatic rings. The van der Waals surface area contributed by atoms with E-state index in [9.17, 15) is 14.9 Å². The number of nitrogens with one attached hydrogen (secondary N) is 1. The molecule has 2 rings (SSSR count). The largest absolute Gasteiger partial charge is 0.374 e. The normalized spacial score (nSPS) is 15.1. The van der Waals surface area contributed by atoms with Crippen molar-refractivity contribution in [2.45, 2.75) is 32.2 Å². The zero-order valence-electron chi connectivity index (χ0n) is 11.0. The molecule has 3 N–H and O–H groups in total. The quantitative estimate of drug-likeness (QED) is 0.629. The fourth-order valence-corrected chi connectivity index (χ4v) is 2.20. The molecule has 6 heteroatoms. The summed E-state index contributed by atoms with van der Waals surface area (Å²) in [6, 6.07) is 4.26. The first-order chi connectivity index (χ1) is 8.81. The standard InChI is InChI=1S/C13H17N3O3/c1-13(2,9-4-5-9)15-10-6-3-8(12(14)17)7-11(10)16(18)19/h3,6-7,9,15H,4-5H2,1-2H3,(H2,14,17). The van der Waals surface area contributed by atoms with Crippen molar-refractivity contribution in [2.75, 3.05) is 5.32 Å². The molecule has 0 unspecified atom stereocenters. The molecule has 1 aliphatic carbocycles. The average Bonchev–Trinajstić information content (AvgIpc) is 3.12. The lowest BCUT2D eigenvalue weighted by Crippen LogP contribution is -2.33. The van der Waals surface area contributed by atoms with E-state index in [1.165, 1.54) is 12.1 Å². The second-order valence-electron chi connectivity index (χ2n) is 5.47. The van der Waals surface area contributed by atoms with Crippen LogP contribution in [0.1, 0.15) is 37.0 Å². The Morgan fingerprint density at radius 1 is 1.47 bits per heavy atom. The highest BCUT2D eigenvalue weighted by Crippen LogP contribution is 2.42. The van der Waals surface area contributed by atoms with Crippen LogP contribution in [0.2, 0.25) is 0 Å². The fraction of sp³-hybridized carbons (Fsp3) is 0.462. The Labute approximate surface area is 111 Å². The summed E-state index contributed by atoms with van der Waals surface area (Å²) in [4.78, 5) is 21.6. The molecule has 19 heavy (non-hydrogen) atoms. The van der Waals surface area contributed by atoms with Crippen LogP contribution in [0.4, 0.5) is 11.4 Å². The van der Waals surface area contributed by atoms with E-state index in [1.807, 2.05) is 13.8 Å². The van der Waals surface area contributed by atoms with E-state index in [0.717, 1.165) is 12.8 Å². The summed E-state index contributed by atoms with van der Waals surface area (Å²) >= 11 is 0. The third-order valence-corrected chi connectivity index (χ3v) is 3.53. The Morgan fingerprint density at radius 2 is 2.11 bits per heavy atom. The molecule has 6 nitrogen and oxygen atoms in total. The molecule has 1 amide bonds. The summed E-state index contributed by atoms with van der Waals surface area (Å²) < 4.78 is 0. The van der Waals surface area contributed by atoms with Gasteiger partial charge in [0.1, 0.15) is 5.69 Å². The molecule has 0 saturated heterocycles. The van der Waals surface area contributed by atoms with Crippen LogP contribution in [0.25, 0.3) is 0 Å². The number of hydrogen-bond donors (Lipinski definition) is 2. The van der Waals surface area contributed by atoms with E-state index >= 15 is 0 Å². The highest BCUT2D eigenvalue weighted by Gasteiger charge is 2.38. The van der Waals surface area contributed by atoms with Crippen LogP contribution in [0.3, 0.4) is 0 Å². The second-order valence-corrected chi connectivity index (χ2v) is 5.47. The molecule has 0 radical (unpaired) electrons. The summed E-state index contributed by atoms with van der Waals surface area (Å²) in [7, 11) is 0. The smallest absolute Gasteiger partial charge is 0.293 e. The predicted molar refractivity (Wildman–Crippen MR) is 72.0 cm³/mol. The Hall–Kier alpha value is -2.11. The van der Waals surface area contributed by atoms with E-state index in [4.69, 9.17) is 5.73 Å². The van der Waals surface area contributed by atoms with Crippen LogP contribution in [-0.2, 0) is 0 Å². The number of nitrogens with two attached hydrogens (primary N) is 1. The zero-order valence-corrected chi connectivity index (χ0v) is 11.0. The number of hydrogen-bond acceptors (Lipinski definition) is 4. The number of nitro groups is 1. The SMILES string of the molecule is CC(C)(Nc1ccc(C(N)=O)cc1[N+](=O)[O-])C1CC1. The zero-order chi connectivity index (χ0) is 14.2. The first-order valence-corrected chi connectivity index (χ1v) is 6.17. The number of rotatable bonds is 5. The molecular formula is C13H17N3O3. The number of nitro benzene ring substituents is 1. The number of anilines is 1. The summed E-state index contributed by atoms with van der Waals surface area (Å²) in [6.07, 6.45) is 2.26. The van der Waals surface area contributed by atoms with E-state index in [-0.39, 0.29) is 16.8 Å². The first-order valence-electron chi connectivity index (χ1n) is 6.17. The Bertz CT molecular complexity index is 536. The highest BCUT2D eigenvalue weighted by molar-refractivity contribution is 5.94. The van der Waals surface area contributed by atoms with E-state index in [1.54, 1.807) is 6.07 Å². The van der Waals surface area contributed by atoms with Crippen molar-refractivity contribution < 1.29 is 9.72 Å². The van der Waals surface area contributed by atoms with E-state index < -0.39 is 10.8 Å². The van der Waals surface area contributed by atoms with Crippen LogP contribution in [-0.4, -0.2) is 16.4 Å². The van der Waals surface area contributed by atoms with Crippen molar-refractivity contribution >= 4 is 17.3 Å². The lowest BCUT2D eigenvalue weighted by molar-refractivity contribution is -0.384. The maximum atomic E-state index is 11.1. The van der Waals surface area contributed by atoms with Crippen molar-refractivity contribution in [1.29, 1.82) is 0 Å². The molecule has 0 atom stereocenters. The van der Waals surface area contributed by atoms with Crippen LogP contribution in [0.15, 0.2) is 18.2 Å². The molecule has 0 bridgehead atoms. The maximum absolute atomic E-state index is 11.1. The Kier molecular flexibility index (Phi) is 3.18. The maximum Gasteiger partial charge on any atom is 0.293 e. The second kappa shape index (κ2) is 4.53. The van der Waals surface area contributed by atoms with Crippen LogP contribution in [0, 0.1) is 16.0 Å². The minimum atomic E-state index is -0.670. The minimum absolute atomic E-state index is 0.120. The Balaban J connectivity index is 2.34. The first kappa shape index (κ1) is 13.3. The van der Waals surface area contributed by atoms with Gasteiger partial charge in [-0.15, -0.1) is 0 Å². The van der Waals surface area contributed by atoms with Gasteiger partial charge < -0.3 is 11.1 Å². The van der Waals surface area contributed by atoms with E-state index in [2.05, 4.69) is 5.32 Å². The molecule has 1 aromatic rings. The minimum Gasteiger partial charge on any atom is -0.374 e. The molecular weight excluding hydrogens is 246 g/mol. The van der Waals surface area contributed by atoms with Crippen LogP contribution in [0.5, 0.6) is 0 Å². The van der Waals surface area contributed by atoms with Gasteiger partial charge in [0.05, 0.1) is 4.92 Å².